The van der Waals surface area contributed by atoms with E-state index in [1.54, 1.807) is 0 Å². The number of carbonyl (C=O) groups excluding carboxylic acids is 2. The zero-order chi connectivity index (χ0) is 20.5. The van der Waals surface area contributed by atoms with Crippen molar-refractivity contribution in [1.29, 1.82) is 0 Å². The molecule has 3 saturated heterocycles. The molecule has 0 aromatic rings. The summed E-state index contributed by atoms with van der Waals surface area (Å²) in [6.45, 7) is 1.92. The molecule has 12 nitrogen and oxygen atoms in total. The molecule has 0 aromatic carbocycles. The second kappa shape index (κ2) is 8.10. The van der Waals surface area contributed by atoms with Gasteiger partial charge in [0.25, 0.3) is 0 Å². The third-order valence-corrected chi connectivity index (χ3v) is 7.32. The van der Waals surface area contributed by atoms with Crippen LogP contribution in [0.3, 0.4) is 0 Å². The van der Waals surface area contributed by atoms with Gasteiger partial charge in [-0.2, -0.15) is 13.5 Å². The molecule has 3 rings (SSSR count). The van der Waals surface area contributed by atoms with E-state index in [0.717, 1.165) is 37.3 Å². The molecule has 3 fully saturated rings. The summed E-state index contributed by atoms with van der Waals surface area (Å²) in [5.74, 6) is -0.251. The predicted molar refractivity (Wildman–Crippen MR) is 95.4 cm³/mol. The second-order valence-electron chi connectivity index (χ2n) is 7.13. The quantitative estimate of drug-likeness (QED) is 0.379. The fraction of sp³-hybridized carbons (Fsp3) is 0.857. The Labute approximate surface area is 163 Å². The van der Waals surface area contributed by atoms with Crippen LogP contribution in [0, 0.1) is 0 Å². The van der Waals surface area contributed by atoms with E-state index in [0.29, 0.717) is 15.9 Å². The molecule has 3 aliphatic rings. The Hall–Kier alpha value is -1.48. The zero-order valence-electron chi connectivity index (χ0n) is 15.2. The third-order valence-electron chi connectivity index (χ3n) is 5.30. The number of hydrogen-bond donors (Lipinski definition) is 1. The van der Waals surface area contributed by atoms with Gasteiger partial charge in [0.1, 0.15) is 6.17 Å². The molecule has 28 heavy (non-hydrogen) atoms. The van der Waals surface area contributed by atoms with Gasteiger partial charge in [0, 0.05) is 13.1 Å². The van der Waals surface area contributed by atoms with Gasteiger partial charge in [-0.3, -0.25) is 14.2 Å². The van der Waals surface area contributed by atoms with Crippen LogP contribution in [0.1, 0.15) is 32.1 Å². The van der Waals surface area contributed by atoms with Crippen molar-refractivity contribution in [3.63, 3.8) is 0 Å². The van der Waals surface area contributed by atoms with Crippen molar-refractivity contribution < 1.29 is 35.3 Å². The smallest absolute Gasteiger partial charge is 0.302 e. The van der Waals surface area contributed by atoms with E-state index in [4.69, 9.17) is 4.55 Å². The van der Waals surface area contributed by atoms with Gasteiger partial charge in [-0.25, -0.2) is 17.5 Å². The van der Waals surface area contributed by atoms with E-state index in [2.05, 4.69) is 4.28 Å². The molecule has 2 atom stereocenters. The Morgan fingerprint density at radius 2 is 1.82 bits per heavy atom. The van der Waals surface area contributed by atoms with Crippen LogP contribution in [0.5, 0.6) is 0 Å². The lowest BCUT2D eigenvalue weighted by Crippen LogP contribution is -2.54. The summed E-state index contributed by atoms with van der Waals surface area (Å²) in [6.07, 6.45) is 2.63. The largest absolute Gasteiger partial charge is 0.418 e. The monoisotopic (exact) mass is 440 g/mol. The number of fused-ring (bicyclic) bond motifs is 2. The third kappa shape index (κ3) is 4.56. The Kier molecular flexibility index (Phi) is 6.14. The van der Waals surface area contributed by atoms with E-state index in [1.165, 1.54) is 0 Å². The van der Waals surface area contributed by atoms with Crippen molar-refractivity contribution in [2.75, 3.05) is 31.9 Å². The van der Waals surface area contributed by atoms with E-state index in [1.807, 2.05) is 4.90 Å². The Balaban J connectivity index is 1.70. The van der Waals surface area contributed by atoms with Gasteiger partial charge >= 0.3 is 16.4 Å². The number of urea groups is 1. The first-order valence-corrected chi connectivity index (χ1v) is 12.1. The van der Waals surface area contributed by atoms with Crippen molar-refractivity contribution in [2.24, 2.45) is 0 Å². The molecule has 0 aromatic heterocycles. The molecular formula is C14H24N4O8S2. The van der Waals surface area contributed by atoms with E-state index in [9.17, 15) is 26.4 Å². The molecule has 3 amide bonds. The molecule has 3 aliphatic heterocycles. The van der Waals surface area contributed by atoms with Gasteiger partial charge in [0.05, 0.1) is 11.8 Å². The van der Waals surface area contributed by atoms with Gasteiger partial charge in [-0.05, 0) is 38.8 Å². The number of hydroxylamine groups is 2. The summed E-state index contributed by atoms with van der Waals surface area (Å²) in [5.41, 5.74) is 0. The molecule has 160 valence electrons. The van der Waals surface area contributed by atoms with Crippen LogP contribution in [0.25, 0.3) is 0 Å². The number of nitrogens with zero attached hydrogens (tertiary/aromatic N) is 4. The highest BCUT2D eigenvalue weighted by Gasteiger charge is 2.50. The fourth-order valence-corrected chi connectivity index (χ4v) is 5.74. The number of likely N-dealkylation sites (tertiary alicyclic amines) is 1. The lowest BCUT2D eigenvalue weighted by molar-refractivity contribution is -0.117. The minimum absolute atomic E-state index is 0.00892. The highest BCUT2D eigenvalue weighted by atomic mass is 32.3. The van der Waals surface area contributed by atoms with Crippen molar-refractivity contribution in [3.05, 3.63) is 0 Å². The number of rotatable bonds is 8. The molecule has 0 saturated carbocycles. The predicted octanol–water partition coefficient (Wildman–Crippen LogP) is -0.779. The van der Waals surface area contributed by atoms with Gasteiger partial charge in [-0.1, -0.05) is 6.42 Å². The number of hydrogen-bond acceptors (Lipinski definition) is 8. The SMILES string of the molecule is O=CN([C@H]1CC[C@@H]2CN1C(=O)N2OS(=O)(=O)O)S(=O)(=O)CCN1CCCCC1. The molecule has 0 spiro atoms. The normalized spacial score (nSPS) is 26.5. The topological polar surface area (TPSA) is 145 Å². The molecule has 1 N–H and O–H groups in total. The molecule has 0 radical (unpaired) electrons. The van der Waals surface area contributed by atoms with Crippen LogP contribution in [-0.2, 0) is 29.5 Å². The maximum atomic E-state index is 12.7. The molecule has 2 bridgehead atoms. The summed E-state index contributed by atoms with van der Waals surface area (Å²) in [7, 11) is -8.87. The van der Waals surface area contributed by atoms with Crippen LogP contribution >= 0.6 is 0 Å². The Morgan fingerprint density at radius 3 is 2.43 bits per heavy atom. The van der Waals surface area contributed by atoms with Gasteiger partial charge in [0.15, 0.2) is 0 Å². The van der Waals surface area contributed by atoms with Gasteiger partial charge in [-0.15, -0.1) is 4.28 Å². The highest BCUT2D eigenvalue weighted by molar-refractivity contribution is 7.89. The lowest BCUT2D eigenvalue weighted by atomic mass is 10.1. The zero-order valence-corrected chi connectivity index (χ0v) is 16.8. The molecular weight excluding hydrogens is 416 g/mol. The van der Waals surface area contributed by atoms with Gasteiger partial charge in [0.2, 0.25) is 16.4 Å². The maximum absolute atomic E-state index is 12.7. The standard InChI is InChI=1S/C14H24N4O8S2/c19-11-17(27(21,22)9-8-15-6-2-1-3-7-15)13-5-4-12-10-16(13)14(20)18(12)26-28(23,24)25/h11-13H,1-10H2,(H,23,24,25)/t12-,13+/m1/s1. The minimum Gasteiger partial charge on any atom is -0.302 e. The van der Waals surface area contributed by atoms with Crippen molar-refractivity contribution in [1.82, 2.24) is 19.2 Å². The summed E-state index contributed by atoms with van der Waals surface area (Å²) >= 11 is 0. The minimum atomic E-state index is -4.90. The average Bonchev–Trinajstić information content (AvgIpc) is 2.87. The summed E-state index contributed by atoms with van der Waals surface area (Å²) in [4.78, 5) is 27.1. The summed E-state index contributed by atoms with van der Waals surface area (Å²) in [5, 5.41) is 0.513. The van der Waals surface area contributed by atoms with Gasteiger partial charge < -0.3 is 4.90 Å². The van der Waals surface area contributed by atoms with Crippen LogP contribution in [0.4, 0.5) is 4.79 Å². The van der Waals surface area contributed by atoms with Crippen molar-refractivity contribution in [3.8, 4) is 0 Å². The van der Waals surface area contributed by atoms with Crippen LogP contribution in [0.2, 0.25) is 0 Å². The second-order valence-corrected chi connectivity index (χ2v) is 10.1. The average molecular weight is 441 g/mol. The number of sulfonamides is 1. The van der Waals surface area contributed by atoms with Crippen LogP contribution < -0.4 is 0 Å². The number of piperidine rings is 2. The number of amides is 3. The first kappa shape index (κ1) is 21.2. The maximum Gasteiger partial charge on any atom is 0.418 e. The van der Waals surface area contributed by atoms with Crippen LogP contribution in [-0.4, -0.2) is 97.1 Å². The molecule has 14 heteroatoms. The van der Waals surface area contributed by atoms with Crippen molar-refractivity contribution >= 4 is 32.9 Å². The lowest BCUT2D eigenvalue weighted by Gasteiger charge is -2.36. The molecule has 3 heterocycles. The Bertz CT molecular complexity index is 811. The first-order chi connectivity index (χ1) is 13.1. The summed E-state index contributed by atoms with van der Waals surface area (Å²) < 4.78 is 61.2. The van der Waals surface area contributed by atoms with Crippen molar-refractivity contribution in [2.45, 2.75) is 44.3 Å². The summed E-state index contributed by atoms with van der Waals surface area (Å²) in [6, 6.07) is -1.57. The van der Waals surface area contributed by atoms with E-state index in [-0.39, 0.29) is 31.5 Å². The fourth-order valence-electron chi connectivity index (χ4n) is 3.93. The molecule has 0 unspecified atom stereocenters. The van der Waals surface area contributed by atoms with E-state index < -0.39 is 38.7 Å². The number of carbonyl (C=O) groups is 2. The highest BCUT2D eigenvalue weighted by Crippen LogP contribution is 2.32. The molecule has 0 aliphatic carbocycles. The van der Waals surface area contributed by atoms with E-state index >= 15 is 0 Å². The first-order valence-electron chi connectivity index (χ1n) is 9.08. The Morgan fingerprint density at radius 1 is 1.14 bits per heavy atom. The van der Waals surface area contributed by atoms with Crippen LogP contribution in [0.15, 0.2) is 0 Å².